The standard InChI is InChI=1S/C24H20F3N5O2/c1-16-21(14-31-32(16)22-9-6-19(13-29-22)24(25,26)27)23(33)30-12-17-4-7-20(8-5-17)34-15-18-3-2-10-28-11-18/h2-11,13-14H,12,15H2,1H3,(H,30,33). The Morgan fingerprint density at radius 2 is 1.82 bits per heavy atom. The van der Waals surface area contributed by atoms with Gasteiger partial charge in [0.1, 0.15) is 12.4 Å². The van der Waals surface area contributed by atoms with Gasteiger partial charge in [0.15, 0.2) is 5.82 Å². The molecule has 1 amide bonds. The number of hydrogen-bond donors (Lipinski definition) is 1. The van der Waals surface area contributed by atoms with Crippen LogP contribution in [0, 0.1) is 6.92 Å². The van der Waals surface area contributed by atoms with Crippen LogP contribution in [0.4, 0.5) is 13.2 Å². The number of pyridine rings is 2. The van der Waals surface area contributed by atoms with Gasteiger partial charge in [-0.2, -0.15) is 18.3 Å². The van der Waals surface area contributed by atoms with E-state index in [1.165, 1.54) is 16.9 Å². The number of aromatic nitrogens is 4. The molecule has 0 unspecified atom stereocenters. The number of rotatable bonds is 7. The lowest BCUT2D eigenvalue weighted by atomic mass is 10.2. The van der Waals surface area contributed by atoms with Crippen LogP contribution in [0.15, 0.2) is 73.3 Å². The van der Waals surface area contributed by atoms with Crippen molar-refractivity contribution in [2.45, 2.75) is 26.3 Å². The van der Waals surface area contributed by atoms with E-state index in [4.69, 9.17) is 4.74 Å². The van der Waals surface area contributed by atoms with E-state index in [0.29, 0.717) is 23.6 Å². The minimum absolute atomic E-state index is 0.187. The number of alkyl halides is 3. The Bertz CT molecular complexity index is 1250. The molecule has 0 spiro atoms. The molecule has 0 aliphatic heterocycles. The lowest BCUT2D eigenvalue weighted by Crippen LogP contribution is -2.23. The zero-order valence-corrected chi connectivity index (χ0v) is 18.1. The fourth-order valence-electron chi connectivity index (χ4n) is 3.17. The average Bonchev–Trinajstić information content (AvgIpc) is 3.23. The number of benzene rings is 1. The van der Waals surface area contributed by atoms with Gasteiger partial charge in [0, 0.05) is 30.7 Å². The zero-order chi connectivity index (χ0) is 24.1. The van der Waals surface area contributed by atoms with E-state index >= 15 is 0 Å². The van der Waals surface area contributed by atoms with Crippen LogP contribution in [0.1, 0.15) is 32.7 Å². The third-order valence-corrected chi connectivity index (χ3v) is 5.05. The second-order valence-electron chi connectivity index (χ2n) is 7.43. The summed E-state index contributed by atoms with van der Waals surface area (Å²) >= 11 is 0. The first-order chi connectivity index (χ1) is 16.3. The monoisotopic (exact) mass is 467 g/mol. The van der Waals surface area contributed by atoms with Crippen molar-refractivity contribution in [2.75, 3.05) is 0 Å². The maximum atomic E-state index is 12.7. The SMILES string of the molecule is Cc1c(C(=O)NCc2ccc(OCc3cccnc3)cc2)cnn1-c1ccc(C(F)(F)F)cn1. The average molecular weight is 467 g/mol. The highest BCUT2D eigenvalue weighted by molar-refractivity contribution is 5.95. The van der Waals surface area contributed by atoms with E-state index in [0.717, 1.165) is 23.4 Å². The molecule has 0 saturated carbocycles. The summed E-state index contributed by atoms with van der Waals surface area (Å²) in [6.45, 7) is 2.33. The van der Waals surface area contributed by atoms with Crippen molar-refractivity contribution in [1.82, 2.24) is 25.1 Å². The van der Waals surface area contributed by atoms with E-state index in [9.17, 15) is 18.0 Å². The lowest BCUT2D eigenvalue weighted by molar-refractivity contribution is -0.137. The molecule has 34 heavy (non-hydrogen) atoms. The van der Waals surface area contributed by atoms with Crippen molar-refractivity contribution in [1.29, 1.82) is 0 Å². The Hall–Kier alpha value is -4.21. The van der Waals surface area contributed by atoms with Gasteiger partial charge in [-0.3, -0.25) is 9.78 Å². The van der Waals surface area contributed by atoms with E-state index < -0.39 is 11.7 Å². The van der Waals surface area contributed by atoms with Crippen molar-refractivity contribution in [3.63, 3.8) is 0 Å². The van der Waals surface area contributed by atoms with Crippen molar-refractivity contribution in [2.24, 2.45) is 0 Å². The highest BCUT2D eigenvalue weighted by Crippen LogP contribution is 2.28. The Labute approximate surface area is 193 Å². The second kappa shape index (κ2) is 9.74. The topological polar surface area (TPSA) is 81.9 Å². The molecule has 3 heterocycles. The zero-order valence-electron chi connectivity index (χ0n) is 18.1. The van der Waals surface area contributed by atoms with E-state index in [-0.39, 0.29) is 18.3 Å². The second-order valence-corrected chi connectivity index (χ2v) is 7.43. The summed E-state index contributed by atoms with van der Waals surface area (Å²) in [7, 11) is 0. The van der Waals surface area contributed by atoms with Gasteiger partial charge >= 0.3 is 6.18 Å². The molecule has 10 heteroatoms. The van der Waals surface area contributed by atoms with E-state index in [2.05, 4.69) is 20.4 Å². The summed E-state index contributed by atoms with van der Waals surface area (Å²) in [5, 5.41) is 6.92. The van der Waals surface area contributed by atoms with E-state index in [1.807, 2.05) is 36.4 Å². The van der Waals surface area contributed by atoms with Gasteiger partial charge in [0.25, 0.3) is 5.91 Å². The number of carbonyl (C=O) groups excluding carboxylic acids is 1. The lowest BCUT2D eigenvalue weighted by Gasteiger charge is -2.09. The predicted molar refractivity (Wildman–Crippen MR) is 117 cm³/mol. The van der Waals surface area contributed by atoms with Crippen molar-refractivity contribution >= 4 is 5.91 Å². The first-order valence-corrected chi connectivity index (χ1v) is 10.3. The summed E-state index contributed by atoms with van der Waals surface area (Å²) in [6, 6.07) is 13.2. The van der Waals surface area contributed by atoms with Gasteiger partial charge in [0.2, 0.25) is 0 Å². The van der Waals surface area contributed by atoms with Crippen molar-refractivity contribution in [3.8, 4) is 11.6 Å². The predicted octanol–water partition coefficient (Wildman–Crippen LogP) is 4.50. The minimum atomic E-state index is -4.47. The summed E-state index contributed by atoms with van der Waals surface area (Å²) in [5.41, 5.74) is 1.74. The van der Waals surface area contributed by atoms with Crippen LogP contribution in [-0.4, -0.2) is 25.7 Å². The van der Waals surface area contributed by atoms with Gasteiger partial charge in [-0.05, 0) is 42.8 Å². The Kier molecular flexibility index (Phi) is 6.58. The molecular weight excluding hydrogens is 447 g/mol. The number of hydrogen-bond acceptors (Lipinski definition) is 5. The van der Waals surface area contributed by atoms with Gasteiger partial charge in [-0.1, -0.05) is 18.2 Å². The van der Waals surface area contributed by atoms with Crippen LogP contribution in [0.3, 0.4) is 0 Å². The summed E-state index contributed by atoms with van der Waals surface area (Å²) in [5.74, 6) is 0.527. The minimum Gasteiger partial charge on any atom is -0.489 e. The molecule has 7 nitrogen and oxygen atoms in total. The summed E-state index contributed by atoms with van der Waals surface area (Å²) in [4.78, 5) is 20.5. The smallest absolute Gasteiger partial charge is 0.417 e. The number of ether oxygens (including phenoxy) is 1. The first kappa shape index (κ1) is 23.0. The molecule has 0 aliphatic carbocycles. The molecule has 0 bridgehead atoms. The third kappa shape index (κ3) is 5.40. The highest BCUT2D eigenvalue weighted by atomic mass is 19.4. The molecule has 4 rings (SSSR count). The number of nitrogens with zero attached hydrogens (tertiary/aromatic N) is 4. The normalized spacial score (nSPS) is 11.3. The summed E-state index contributed by atoms with van der Waals surface area (Å²) in [6.07, 6.45) is 1.06. The number of carbonyl (C=O) groups is 1. The van der Waals surface area contributed by atoms with Crippen molar-refractivity contribution in [3.05, 3.63) is 101 Å². The number of amides is 1. The van der Waals surface area contributed by atoms with Crippen LogP contribution in [0.5, 0.6) is 5.75 Å². The van der Waals surface area contributed by atoms with Crippen LogP contribution >= 0.6 is 0 Å². The van der Waals surface area contributed by atoms with Crippen LogP contribution < -0.4 is 10.1 Å². The molecule has 1 N–H and O–H groups in total. The quantitative estimate of drug-likeness (QED) is 0.433. The van der Waals surface area contributed by atoms with Gasteiger partial charge in [-0.15, -0.1) is 0 Å². The van der Waals surface area contributed by atoms with E-state index in [1.54, 1.807) is 19.3 Å². The van der Waals surface area contributed by atoms with Gasteiger partial charge in [-0.25, -0.2) is 9.67 Å². The molecule has 0 saturated heterocycles. The third-order valence-electron chi connectivity index (χ3n) is 5.05. The number of halogens is 3. The Morgan fingerprint density at radius 1 is 1.03 bits per heavy atom. The van der Waals surface area contributed by atoms with Crippen LogP contribution in [0.2, 0.25) is 0 Å². The van der Waals surface area contributed by atoms with Gasteiger partial charge < -0.3 is 10.1 Å². The molecule has 1 aromatic carbocycles. The van der Waals surface area contributed by atoms with Crippen LogP contribution in [0.25, 0.3) is 5.82 Å². The molecule has 0 atom stereocenters. The molecule has 0 fully saturated rings. The first-order valence-electron chi connectivity index (χ1n) is 10.3. The Balaban J connectivity index is 1.35. The Morgan fingerprint density at radius 3 is 2.47 bits per heavy atom. The van der Waals surface area contributed by atoms with Crippen LogP contribution in [-0.2, 0) is 19.3 Å². The van der Waals surface area contributed by atoms with Crippen molar-refractivity contribution < 1.29 is 22.7 Å². The molecule has 3 aromatic heterocycles. The highest BCUT2D eigenvalue weighted by Gasteiger charge is 2.30. The van der Waals surface area contributed by atoms with Gasteiger partial charge in [0.05, 0.1) is 23.0 Å². The molecular formula is C24H20F3N5O2. The number of nitrogens with one attached hydrogen (secondary N) is 1. The largest absolute Gasteiger partial charge is 0.489 e. The maximum absolute atomic E-state index is 12.7. The molecule has 4 aromatic rings. The molecule has 0 radical (unpaired) electrons. The fraction of sp³-hybridized carbons (Fsp3) is 0.167. The summed E-state index contributed by atoms with van der Waals surface area (Å²) < 4.78 is 45.3. The maximum Gasteiger partial charge on any atom is 0.417 e. The molecule has 174 valence electrons. The fourth-order valence-corrected chi connectivity index (χ4v) is 3.17. The molecule has 0 aliphatic rings.